The molecule has 5 nitrogen and oxygen atoms in total. The minimum Gasteiger partial charge on any atom is -0.465 e. The normalized spacial score (nSPS) is 32.9. The van der Waals surface area contributed by atoms with E-state index in [0.717, 1.165) is 49.3 Å². The third-order valence-electron chi connectivity index (χ3n) is 13.8. The molecule has 5 heteroatoms. The summed E-state index contributed by atoms with van der Waals surface area (Å²) in [5.41, 5.74) is 8.36. The Hall–Kier alpha value is -3.86. The van der Waals surface area contributed by atoms with Crippen LogP contribution in [0.4, 0.5) is 5.69 Å². The van der Waals surface area contributed by atoms with Crippen molar-refractivity contribution >= 4 is 22.9 Å². The predicted molar refractivity (Wildman–Crippen MR) is 209 cm³/mol. The fraction of sp³-hybridized carbons (Fsp3) is 0.522. The molecule has 2 aromatic rings. The Bertz CT molecular complexity index is 1910. The average Bonchev–Trinajstić information content (AvgIpc) is 3.91. The summed E-state index contributed by atoms with van der Waals surface area (Å²) in [4.78, 5) is 16.0. The highest BCUT2D eigenvalue weighted by Crippen LogP contribution is 2.49. The molecule has 3 heterocycles. The molecule has 6 unspecified atom stereocenters. The largest absolute Gasteiger partial charge is 0.465 e. The van der Waals surface area contributed by atoms with Crippen LogP contribution >= 0.6 is 0 Å². The lowest BCUT2D eigenvalue weighted by Crippen LogP contribution is -2.46. The van der Waals surface area contributed by atoms with Crippen LogP contribution in [0, 0.1) is 29.6 Å². The standard InChI is InChI=1S/C46H54N4O/c1-29-25-38(30-13-4-3-5-14-30)43-37-24-23-33(28-41(37)51-42(43)26-29)46-48-44(31-15-6-7-16-31)47-45(49(46)2)32-17-12-18-34(27-32)50-39-21-10-8-19-35(39)36-20-9-11-22-40(36)50/h6,8,11-12,15-19,22,25,27,29-30,33,35-36,39-40,46H,3-5,7,9-10,13-14,20-21,23-24,26,28H2,1-2H3/t29?,33?,35?,36?,39?,40?,46-/m1/s1. The highest BCUT2D eigenvalue weighted by molar-refractivity contribution is 6.14. The van der Waals surface area contributed by atoms with Gasteiger partial charge in [-0.05, 0) is 93.2 Å². The van der Waals surface area contributed by atoms with Gasteiger partial charge in [0.15, 0.2) is 5.84 Å². The minimum atomic E-state index is 0.0129. The van der Waals surface area contributed by atoms with E-state index in [1.54, 1.807) is 5.57 Å². The number of anilines is 1. The van der Waals surface area contributed by atoms with Crippen molar-refractivity contribution < 1.29 is 4.42 Å². The first-order valence-corrected chi connectivity index (χ1v) is 20.4. The van der Waals surface area contributed by atoms with Gasteiger partial charge in [-0.15, -0.1) is 0 Å². The molecule has 0 N–H and O–H groups in total. The molecule has 0 amide bonds. The van der Waals surface area contributed by atoms with Crippen LogP contribution in [0.1, 0.15) is 106 Å². The van der Waals surface area contributed by atoms with E-state index in [-0.39, 0.29) is 6.17 Å². The molecule has 10 rings (SSSR count). The van der Waals surface area contributed by atoms with E-state index in [0.29, 0.717) is 41.7 Å². The molecule has 0 radical (unpaired) electrons. The number of allylic oxidation sites excluding steroid dienone is 6. The first-order chi connectivity index (χ1) is 25.1. The summed E-state index contributed by atoms with van der Waals surface area (Å²) in [7, 11) is 2.24. The Balaban J connectivity index is 0.973. The van der Waals surface area contributed by atoms with Gasteiger partial charge in [-0.2, -0.15) is 0 Å². The Labute approximate surface area is 304 Å². The van der Waals surface area contributed by atoms with Crippen LogP contribution in [0.5, 0.6) is 0 Å². The van der Waals surface area contributed by atoms with E-state index in [2.05, 4.69) is 96.6 Å². The number of rotatable bonds is 5. The average molecular weight is 679 g/mol. The smallest absolute Gasteiger partial charge is 0.158 e. The van der Waals surface area contributed by atoms with Gasteiger partial charge in [0.2, 0.25) is 0 Å². The van der Waals surface area contributed by atoms with Crippen molar-refractivity contribution in [1.29, 1.82) is 0 Å². The molecular formula is C46H54N4O. The van der Waals surface area contributed by atoms with E-state index in [1.807, 2.05) is 0 Å². The highest BCUT2D eigenvalue weighted by atomic mass is 16.3. The van der Waals surface area contributed by atoms with Crippen molar-refractivity contribution in [3.8, 4) is 0 Å². The summed E-state index contributed by atoms with van der Waals surface area (Å²) < 4.78 is 6.90. The fourth-order valence-corrected chi connectivity index (χ4v) is 11.4. The van der Waals surface area contributed by atoms with Crippen LogP contribution in [0.3, 0.4) is 0 Å². The van der Waals surface area contributed by atoms with Crippen molar-refractivity contribution in [3.05, 3.63) is 107 Å². The molecule has 1 aromatic heterocycles. The number of benzene rings is 1. The second-order valence-electron chi connectivity index (χ2n) is 16.9. The Morgan fingerprint density at radius 3 is 2.67 bits per heavy atom. The Morgan fingerprint density at radius 2 is 1.78 bits per heavy atom. The van der Waals surface area contributed by atoms with Gasteiger partial charge in [0.1, 0.15) is 23.5 Å². The summed E-state index contributed by atoms with van der Waals surface area (Å²) in [6.45, 7) is 2.38. The molecule has 0 bridgehead atoms. The van der Waals surface area contributed by atoms with E-state index in [9.17, 15) is 0 Å². The number of nitrogens with zero attached hydrogens (tertiary/aromatic N) is 4. The van der Waals surface area contributed by atoms with Gasteiger partial charge in [-0.1, -0.05) is 86.9 Å². The summed E-state index contributed by atoms with van der Waals surface area (Å²) in [6.07, 6.45) is 36.2. The number of hydrogen-bond acceptors (Lipinski definition) is 5. The molecule has 0 spiro atoms. The molecule has 1 aromatic carbocycles. The first-order valence-electron chi connectivity index (χ1n) is 20.4. The van der Waals surface area contributed by atoms with Gasteiger partial charge in [0, 0.05) is 65.7 Å². The summed E-state index contributed by atoms with van der Waals surface area (Å²) in [6, 6.07) is 10.4. The molecule has 1 saturated heterocycles. The van der Waals surface area contributed by atoms with Crippen molar-refractivity contribution in [2.75, 3.05) is 11.9 Å². The maximum atomic E-state index is 6.90. The van der Waals surface area contributed by atoms with Gasteiger partial charge in [0.05, 0.1) is 6.04 Å². The minimum absolute atomic E-state index is 0.0129. The molecule has 2 aliphatic heterocycles. The lowest BCUT2D eigenvalue weighted by molar-refractivity contribution is 0.229. The second kappa shape index (κ2) is 13.0. The van der Waals surface area contributed by atoms with E-state index in [1.165, 1.54) is 91.7 Å². The van der Waals surface area contributed by atoms with Gasteiger partial charge in [-0.3, -0.25) is 0 Å². The Morgan fingerprint density at radius 1 is 0.902 bits per heavy atom. The first kappa shape index (κ1) is 31.8. The summed E-state index contributed by atoms with van der Waals surface area (Å²) in [5, 5.41) is 0. The number of fused-ring (bicyclic) bond motifs is 6. The van der Waals surface area contributed by atoms with Crippen LogP contribution < -0.4 is 4.90 Å². The monoisotopic (exact) mass is 678 g/mol. The molecule has 6 aliphatic carbocycles. The van der Waals surface area contributed by atoms with Crippen LogP contribution in [0.15, 0.2) is 92.8 Å². The van der Waals surface area contributed by atoms with E-state index < -0.39 is 0 Å². The Kier molecular flexibility index (Phi) is 8.10. The van der Waals surface area contributed by atoms with E-state index >= 15 is 0 Å². The third kappa shape index (κ3) is 5.47. The van der Waals surface area contributed by atoms with Crippen LogP contribution in [-0.2, 0) is 19.3 Å². The van der Waals surface area contributed by atoms with Crippen molar-refractivity contribution in [2.24, 2.45) is 39.6 Å². The second-order valence-corrected chi connectivity index (χ2v) is 16.9. The fourth-order valence-electron chi connectivity index (χ4n) is 11.4. The van der Waals surface area contributed by atoms with Crippen LogP contribution in [0.25, 0.3) is 5.57 Å². The molecule has 7 atom stereocenters. The van der Waals surface area contributed by atoms with Gasteiger partial charge < -0.3 is 14.2 Å². The zero-order valence-corrected chi connectivity index (χ0v) is 30.6. The lowest BCUT2D eigenvalue weighted by atomic mass is 9.74. The van der Waals surface area contributed by atoms with Gasteiger partial charge in [0.25, 0.3) is 0 Å². The van der Waals surface area contributed by atoms with Gasteiger partial charge in [-0.25, -0.2) is 9.98 Å². The maximum Gasteiger partial charge on any atom is 0.158 e. The molecule has 1 saturated carbocycles. The molecule has 8 aliphatic rings. The lowest BCUT2D eigenvalue weighted by Gasteiger charge is -2.39. The molecule has 2 fully saturated rings. The summed E-state index contributed by atoms with van der Waals surface area (Å²) >= 11 is 0. The number of furan rings is 1. The van der Waals surface area contributed by atoms with Crippen LogP contribution in [-0.4, -0.2) is 41.9 Å². The highest BCUT2D eigenvalue weighted by Gasteiger charge is 2.48. The third-order valence-corrected chi connectivity index (χ3v) is 13.8. The topological polar surface area (TPSA) is 44.3 Å². The van der Waals surface area contributed by atoms with Crippen molar-refractivity contribution in [3.63, 3.8) is 0 Å². The zero-order valence-electron chi connectivity index (χ0n) is 30.6. The zero-order chi connectivity index (χ0) is 34.1. The number of hydrogen-bond donors (Lipinski definition) is 0. The summed E-state index contributed by atoms with van der Waals surface area (Å²) in [5.74, 6) is 7.43. The number of aliphatic imine (C=N–C) groups is 2. The quantitative estimate of drug-likeness (QED) is 0.296. The molecule has 51 heavy (non-hydrogen) atoms. The van der Waals surface area contributed by atoms with Crippen LogP contribution in [0.2, 0.25) is 0 Å². The maximum absolute atomic E-state index is 6.90. The number of amidine groups is 2. The molecule has 264 valence electrons. The van der Waals surface area contributed by atoms with Crippen molar-refractivity contribution in [2.45, 2.75) is 115 Å². The SMILES string of the molecule is CC1C=C(C2CCCCC2)c2c(oc3c2CCC([C@@H]2N=C(C4=CCC=C4)N=C(c4cccc(N5C6C=CCCC6C6C=CCCC65)c4)N2C)C3)C1. The van der Waals surface area contributed by atoms with Gasteiger partial charge >= 0.3 is 0 Å². The van der Waals surface area contributed by atoms with E-state index in [4.69, 9.17) is 14.4 Å². The molecular weight excluding hydrogens is 625 g/mol. The van der Waals surface area contributed by atoms with Crippen molar-refractivity contribution in [1.82, 2.24) is 4.90 Å². The predicted octanol–water partition coefficient (Wildman–Crippen LogP) is 10.0.